The minimum Gasteiger partial charge on any atom is -0.354 e. The summed E-state index contributed by atoms with van der Waals surface area (Å²) in [5.74, 6) is -0.367. The molecule has 0 aliphatic heterocycles. The number of nitrogens with one attached hydrogen (secondary N) is 2. The molecule has 0 aromatic rings. The van der Waals surface area contributed by atoms with Gasteiger partial charge in [0.2, 0.25) is 5.91 Å². The number of alkyl halides is 3. The molecule has 0 heterocycles. The minimum absolute atomic E-state index is 0.194. The molecule has 6 heteroatoms. The predicted molar refractivity (Wildman–Crippen MR) is 58.5 cm³/mol. The molecule has 1 amide bonds. The Morgan fingerprint density at radius 3 is 2.41 bits per heavy atom. The van der Waals surface area contributed by atoms with Crippen molar-refractivity contribution in [1.29, 1.82) is 0 Å². The SMILES string of the molecule is CCC1(CNC(=O)CNCC(F)(F)F)CCC1. The van der Waals surface area contributed by atoms with Crippen molar-refractivity contribution in [3.05, 3.63) is 0 Å². The Labute approximate surface area is 99.1 Å². The molecule has 2 N–H and O–H groups in total. The van der Waals surface area contributed by atoms with Crippen molar-refractivity contribution in [2.24, 2.45) is 5.41 Å². The predicted octanol–water partition coefficient (Wildman–Crippen LogP) is 1.83. The topological polar surface area (TPSA) is 41.1 Å². The first-order valence-electron chi connectivity index (χ1n) is 5.91. The van der Waals surface area contributed by atoms with Gasteiger partial charge in [-0.05, 0) is 24.7 Å². The highest BCUT2D eigenvalue weighted by molar-refractivity contribution is 5.78. The van der Waals surface area contributed by atoms with Gasteiger partial charge in [0, 0.05) is 6.54 Å². The molecule has 1 saturated carbocycles. The van der Waals surface area contributed by atoms with Crippen LogP contribution in [0.1, 0.15) is 32.6 Å². The van der Waals surface area contributed by atoms with Crippen LogP contribution in [0.3, 0.4) is 0 Å². The Morgan fingerprint density at radius 2 is 2.00 bits per heavy atom. The highest BCUT2D eigenvalue weighted by atomic mass is 19.4. The van der Waals surface area contributed by atoms with E-state index in [1.165, 1.54) is 6.42 Å². The third-order valence-electron chi connectivity index (χ3n) is 3.44. The normalized spacial score (nSPS) is 18.6. The molecule has 0 aromatic heterocycles. The van der Waals surface area contributed by atoms with Gasteiger partial charge in [0.05, 0.1) is 13.1 Å². The highest BCUT2D eigenvalue weighted by Crippen LogP contribution is 2.42. The maximum atomic E-state index is 11.8. The van der Waals surface area contributed by atoms with E-state index in [-0.39, 0.29) is 17.9 Å². The van der Waals surface area contributed by atoms with Gasteiger partial charge in [-0.15, -0.1) is 0 Å². The van der Waals surface area contributed by atoms with Gasteiger partial charge in [-0.1, -0.05) is 13.3 Å². The van der Waals surface area contributed by atoms with Crippen LogP contribution in [0.4, 0.5) is 13.2 Å². The first kappa shape index (κ1) is 14.3. The Bertz CT molecular complexity index is 256. The summed E-state index contributed by atoms with van der Waals surface area (Å²) >= 11 is 0. The molecule has 1 fully saturated rings. The second-order valence-corrected chi connectivity index (χ2v) is 4.70. The van der Waals surface area contributed by atoms with E-state index in [1.54, 1.807) is 0 Å². The summed E-state index contributed by atoms with van der Waals surface area (Å²) in [4.78, 5) is 11.3. The summed E-state index contributed by atoms with van der Waals surface area (Å²) in [6.07, 6.45) is 0.109. The van der Waals surface area contributed by atoms with Crippen molar-refractivity contribution in [3.63, 3.8) is 0 Å². The fourth-order valence-corrected chi connectivity index (χ4v) is 2.00. The van der Waals surface area contributed by atoms with Crippen LogP contribution in [0.15, 0.2) is 0 Å². The minimum atomic E-state index is -4.26. The zero-order valence-electron chi connectivity index (χ0n) is 9.99. The van der Waals surface area contributed by atoms with E-state index in [9.17, 15) is 18.0 Å². The molecular weight excluding hydrogens is 233 g/mol. The summed E-state index contributed by atoms with van der Waals surface area (Å²) in [5, 5.41) is 4.77. The van der Waals surface area contributed by atoms with E-state index < -0.39 is 12.7 Å². The Hall–Kier alpha value is -0.780. The quantitative estimate of drug-likeness (QED) is 0.757. The van der Waals surface area contributed by atoms with E-state index in [1.807, 2.05) is 0 Å². The molecule has 3 nitrogen and oxygen atoms in total. The summed E-state index contributed by atoms with van der Waals surface area (Å²) in [6, 6.07) is 0. The van der Waals surface area contributed by atoms with Gasteiger partial charge in [0.25, 0.3) is 0 Å². The van der Waals surface area contributed by atoms with Gasteiger partial charge in [-0.3, -0.25) is 4.79 Å². The summed E-state index contributed by atoms with van der Waals surface area (Å²) in [5.41, 5.74) is 0.194. The second kappa shape index (κ2) is 5.71. The molecule has 1 aliphatic carbocycles. The Kier molecular flexibility index (Phi) is 4.80. The van der Waals surface area contributed by atoms with Crippen LogP contribution >= 0.6 is 0 Å². The van der Waals surface area contributed by atoms with Gasteiger partial charge in [0.15, 0.2) is 0 Å². The molecule has 100 valence electrons. The van der Waals surface area contributed by atoms with Gasteiger partial charge in [-0.2, -0.15) is 13.2 Å². The van der Waals surface area contributed by atoms with Crippen molar-refractivity contribution >= 4 is 5.91 Å². The highest BCUT2D eigenvalue weighted by Gasteiger charge is 2.35. The van der Waals surface area contributed by atoms with Crippen LogP contribution < -0.4 is 10.6 Å². The fourth-order valence-electron chi connectivity index (χ4n) is 2.00. The number of carbonyl (C=O) groups is 1. The van der Waals surface area contributed by atoms with Crippen LogP contribution in [0.5, 0.6) is 0 Å². The molecule has 0 spiro atoms. The lowest BCUT2D eigenvalue weighted by molar-refractivity contribution is -0.128. The number of hydrogen-bond acceptors (Lipinski definition) is 2. The number of rotatable bonds is 6. The van der Waals surface area contributed by atoms with Crippen LogP contribution in [-0.4, -0.2) is 31.7 Å². The lowest BCUT2D eigenvalue weighted by atomic mass is 9.67. The number of carbonyl (C=O) groups excluding carboxylic acids is 1. The van der Waals surface area contributed by atoms with E-state index in [0.29, 0.717) is 6.54 Å². The van der Waals surface area contributed by atoms with Crippen molar-refractivity contribution in [1.82, 2.24) is 10.6 Å². The lowest BCUT2D eigenvalue weighted by Gasteiger charge is -2.41. The zero-order chi connectivity index (χ0) is 12.9. The van der Waals surface area contributed by atoms with Gasteiger partial charge in [-0.25, -0.2) is 0 Å². The second-order valence-electron chi connectivity index (χ2n) is 4.70. The molecule has 17 heavy (non-hydrogen) atoms. The summed E-state index contributed by atoms with van der Waals surface area (Å²) in [6.45, 7) is 1.25. The largest absolute Gasteiger partial charge is 0.401 e. The third kappa shape index (κ3) is 4.93. The molecule has 0 radical (unpaired) electrons. The smallest absolute Gasteiger partial charge is 0.354 e. The Balaban J connectivity index is 2.13. The van der Waals surface area contributed by atoms with Crippen molar-refractivity contribution in [2.45, 2.75) is 38.8 Å². The fraction of sp³-hybridized carbons (Fsp3) is 0.909. The average molecular weight is 252 g/mol. The van der Waals surface area contributed by atoms with Gasteiger partial charge in [0.1, 0.15) is 0 Å². The van der Waals surface area contributed by atoms with E-state index in [4.69, 9.17) is 0 Å². The zero-order valence-corrected chi connectivity index (χ0v) is 9.99. The molecule has 0 atom stereocenters. The van der Waals surface area contributed by atoms with Gasteiger partial charge < -0.3 is 10.6 Å². The van der Waals surface area contributed by atoms with Crippen molar-refractivity contribution in [3.8, 4) is 0 Å². The molecule has 0 unspecified atom stereocenters. The van der Waals surface area contributed by atoms with E-state index in [0.717, 1.165) is 19.3 Å². The standard InChI is InChI=1S/C11H19F3N2O/c1-2-10(4-3-5-10)7-16-9(17)6-15-8-11(12,13)14/h15H,2-8H2,1H3,(H,16,17). The summed E-state index contributed by atoms with van der Waals surface area (Å²) < 4.78 is 35.4. The third-order valence-corrected chi connectivity index (χ3v) is 3.44. The van der Waals surface area contributed by atoms with Gasteiger partial charge >= 0.3 is 6.18 Å². The van der Waals surface area contributed by atoms with Crippen molar-refractivity contribution in [2.75, 3.05) is 19.6 Å². The monoisotopic (exact) mass is 252 g/mol. The maximum Gasteiger partial charge on any atom is 0.401 e. The van der Waals surface area contributed by atoms with Crippen LogP contribution in [-0.2, 0) is 4.79 Å². The average Bonchev–Trinajstić information content (AvgIpc) is 2.14. The van der Waals surface area contributed by atoms with Crippen LogP contribution in [0.2, 0.25) is 0 Å². The lowest BCUT2D eigenvalue weighted by Crippen LogP contribution is -2.45. The van der Waals surface area contributed by atoms with Crippen molar-refractivity contribution < 1.29 is 18.0 Å². The van der Waals surface area contributed by atoms with E-state index in [2.05, 4.69) is 17.6 Å². The number of hydrogen-bond donors (Lipinski definition) is 2. The molecule has 0 bridgehead atoms. The van der Waals surface area contributed by atoms with E-state index >= 15 is 0 Å². The molecule has 1 aliphatic rings. The number of halogens is 3. The Morgan fingerprint density at radius 1 is 1.35 bits per heavy atom. The summed E-state index contributed by atoms with van der Waals surface area (Å²) in [7, 11) is 0. The molecule has 1 rings (SSSR count). The molecular formula is C11H19F3N2O. The maximum absolute atomic E-state index is 11.8. The first-order valence-corrected chi connectivity index (χ1v) is 5.91. The molecule has 0 aromatic carbocycles. The first-order chi connectivity index (χ1) is 7.87. The van der Waals surface area contributed by atoms with Crippen LogP contribution in [0.25, 0.3) is 0 Å². The number of amides is 1. The van der Waals surface area contributed by atoms with Crippen LogP contribution in [0, 0.1) is 5.41 Å². The molecule has 0 saturated heterocycles.